The van der Waals surface area contributed by atoms with E-state index in [2.05, 4.69) is 30.3 Å². The number of fused-ring (bicyclic) bond motifs is 1. The molecule has 0 saturated heterocycles. The molecular weight excluding hydrogens is 336 g/mol. The Morgan fingerprint density at radius 3 is 2.96 bits per heavy atom. The minimum atomic E-state index is 0.273. The van der Waals surface area contributed by atoms with Crippen molar-refractivity contribution in [1.82, 2.24) is 30.3 Å². The van der Waals surface area contributed by atoms with Gasteiger partial charge in [0.1, 0.15) is 5.69 Å². The van der Waals surface area contributed by atoms with Gasteiger partial charge in [-0.2, -0.15) is 10.1 Å². The minimum absolute atomic E-state index is 0.273. The summed E-state index contributed by atoms with van der Waals surface area (Å²) in [6, 6.07) is 0. The van der Waals surface area contributed by atoms with E-state index in [9.17, 15) is 0 Å². The van der Waals surface area contributed by atoms with Gasteiger partial charge in [0.05, 0.1) is 11.2 Å². The number of H-pyrrole nitrogens is 1. The number of hydrogen-bond acceptors (Lipinski definition) is 7. The molecule has 9 heteroatoms. The molecule has 0 atom stereocenters. The second-order valence-electron chi connectivity index (χ2n) is 5.21. The first-order valence-electron chi connectivity index (χ1n) is 7.23. The van der Waals surface area contributed by atoms with Crippen LogP contribution in [-0.4, -0.2) is 36.6 Å². The zero-order chi connectivity index (χ0) is 15.8. The second kappa shape index (κ2) is 5.93. The third kappa shape index (κ3) is 2.61. The molecule has 0 aliphatic heterocycles. The van der Waals surface area contributed by atoms with E-state index in [1.807, 2.05) is 6.26 Å². The summed E-state index contributed by atoms with van der Waals surface area (Å²) in [5.74, 6) is 0.732. The first kappa shape index (κ1) is 14.6. The number of nitrogens with zero attached hydrogens (tertiary/aromatic N) is 5. The number of thioether (sulfide) groups is 1. The maximum Gasteiger partial charge on any atom is 0.278 e. The van der Waals surface area contributed by atoms with Crippen molar-refractivity contribution >= 4 is 23.4 Å². The fourth-order valence-corrected chi connectivity index (χ4v) is 3.19. The summed E-state index contributed by atoms with van der Waals surface area (Å²) < 4.78 is 5.35. The molecule has 4 rings (SSSR count). The molecule has 7 nitrogen and oxygen atoms in total. The SMILES string of the molecule is CSc1ncc(Cl)c(-c2nc(-c3n[nH]c4c3CCCC4)no2)n1. The third-order valence-electron chi connectivity index (χ3n) is 3.80. The number of aromatic nitrogens is 6. The molecule has 0 saturated carbocycles. The van der Waals surface area contributed by atoms with Crippen molar-refractivity contribution < 1.29 is 4.52 Å². The number of halogens is 1. The Balaban J connectivity index is 1.74. The van der Waals surface area contributed by atoms with E-state index in [1.54, 1.807) is 0 Å². The highest BCUT2D eigenvalue weighted by molar-refractivity contribution is 7.98. The van der Waals surface area contributed by atoms with Gasteiger partial charge in [-0.1, -0.05) is 28.5 Å². The average Bonchev–Trinajstić information content (AvgIpc) is 3.22. The molecule has 0 unspecified atom stereocenters. The fourth-order valence-electron chi connectivity index (χ4n) is 2.68. The molecule has 1 N–H and O–H groups in total. The first-order valence-corrected chi connectivity index (χ1v) is 8.83. The minimum Gasteiger partial charge on any atom is -0.332 e. The topological polar surface area (TPSA) is 93.4 Å². The van der Waals surface area contributed by atoms with Crippen molar-refractivity contribution in [2.45, 2.75) is 30.8 Å². The standard InChI is InChI=1S/C14H13ClN6OS/c1-23-14-16-6-8(15)11(17-14)13-18-12(21-22-13)10-7-4-2-3-5-9(7)19-20-10/h6H,2-5H2,1H3,(H,19,20). The van der Waals surface area contributed by atoms with Gasteiger partial charge in [-0.15, -0.1) is 0 Å². The van der Waals surface area contributed by atoms with Crippen molar-refractivity contribution in [1.29, 1.82) is 0 Å². The van der Waals surface area contributed by atoms with Crippen LogP contribution in [0.4, 0.5) is 0 Å². The number of nitrogens with one attached hydrogen (secondary N) is 1. The Morgan fingerprint density at radius 2 is 2.09 bits per heavy atom. The largest absolute Gasteiger partial charge is 0.332 e. The van der Waals surface area contributed by atoms with Gasteiger partial charge >= 0.3 is 0 Å². The third-order valence-corrected chi connectivity index (χ3v) is 4.64. The summed E-state index contributed by atoms with van der Waals surface area (Å²) in [4.78, 5) is 12.9. The van der Waals surface area contributed by atoms with Gasteiger partial charge in [-0.25, -0.2) is 9.97 Å². The summed E-state index contributed by atoms with van der Waals surface area (Å²) in [5.41, 5.74) is 3.55. The molecule has 0 amide bonds. The smallest absolute Gasteiger partial charge is 0.278 e. The van der Waals surface area contributed by atoms with Gasteiger partial charge in [0.15, 0.2) is 10.9 Å². The molecule has 0 radical (unpaired) electrons. The molecule has 23 heavy (non-hydrogen) atoms. The van der Waals surface area contributed by atoms with E-state index in [1.165, 1.54) is 35.6 Å². The van der Waals surface area contributed by atoms with Crippen LogP contribution in [0, 0.1) is 0 Å². The summed E-state index contributed by atoms with van der Waals surface area (Å²) in [6.07, 6.45) is 7.76. The summed E-state index contributed by atoms with van der Waals surface area (Å²) in [5, 5.41) is 12.4. The molecule has 0 aromatic carbocycles. The van der Waals surface area contributed by atoms with Gasteiger partial charge in [-0.05, 0) is 31.9 Å². The lowest BCUT2D eigenvalue weighted by molar-refractivity contribution is 0.430. The molecule has 3 aromatic rings. The zero-order valence-electron chi connectivity index (χ0n) is 12.3. The van der Waals surface area contributed by atoms with E-state index in [0.717, 1.165) is 25.0 Å². The molecule has 0 bridgehead atoms. The van der Waals surface area contributed by atoms with Crippen LogP contribution in [0.15, 0.2) is 15.9 Å². The maximum atomic E-state index is 6.15. The molecule has 3 aromatic heterocycles. The van der Waals surface area contributed by atoms with E-state index in [4.69, 9.17) is 16.1 Å². The van der Waals surface area contributed by atoms with Gasteiger partial charge in [0.25, 0.3) is 5.89 Å². The average molecular weight is 349 g/mol. The highest BCUT2D eigenvalue weighted by Crippen LogP contribution is 2.31. The highest BCUT2D eigenvalue weighted by Gasteiger charge is 2.23. The van der Waals surface area contributed by atoms with Crippen LogP contribution in [-0.2, 0) is 12.8 Å². The van der Waals surface area contributed by atoms with Crippen LogP contribution >= 0.6 is 23.4 Å². The van der Waals surface area contributed by atoms with E-state index in [0.29, 0.717) is 21.7 Å². The van der Waals surface area contributed by atoms with Crippen LogP contribution in [0.5, 0.6) is 0 Å². The van der Waals surface area contributed by atoms with Crippen LogP contribution in [0.2, 0.25) is 5.02 Å². The summed E-state index contributed by atoms with van der Waals surface area (Å²) >= 11 is 7.57. The summed E-state index contributed by atoms with van der Waals surface area (Å²) in [6.45, 7) is 0. The molecule has 0 fully saturated rings. The van der Waals surface area contributed by atoms with E-state index in [-0.39, 0.29) is 5.89 Å². The van der Waals surface area contributed by atoms with Crippen LogP contribution in [0.1, 0.15) is 24.1 Å². The Morgan fingerprint density at radius 1 is 1.22 bits per heavy atom. The number of rotatable bonds is 3. The normalized spacial score (nSPS) is 14.0. The molecule has 3 heterocycles. The Kier molecular flexibility index (Phi) is 3.78. The van der Waals surface area contributed by atoms with Crippen molar-refractivity contribution in [2.24, 2.45) is 0 Å². The maximum absolute atomic E-state index is 6.15. The van der Waals surface area contributed by atoms with Crippen molar-refractivity contribution in [3.63, 3.8) is 0 Å². The van der Waals surface area contributed by atoms with Crippen molar-refractivity contribution in [3.05, 3.63) is 22.5 Å². The summed E-state index contributed by atoms with van der Waals surface area (Å²) in [7, 11) is 0. The van der Waals surface area contributed by atoms with E-state index < -0.39 is 0 Å². The molecule has 118 valence electrons. The molecular formula is C14H13ClN6OS. The predicted molar refractivity (Wildman–Crippen MR) is 86.3 cm³/mol. The van der Waals surface area contributed by atoms with Gasteiger partial charge in [0, 0.05) is 11.3 Å². The lowest BCUT2D eigenvalue weighted by Crippen LogP contribution is -2.01. The highest BCUT2D eigenvalue weighted by atomic mass is 35.5. The lowest BCUT2D eigenvalue weighted by atomic mass is 9.96. The number of aromatic amines is 1. The lowest BCUT2D eigenvalue weighted by Gasteiger charge is -2.09. The molecule has 0 spiro atoms. The Bertz CT molecular complexity index is 861. The monoisotopic (exact) mass is 348 g/mol. The van der Waals surface area contributed by atoms with Crippen LogP contribution < -0.4 is 0 Å². The van der Waals surface area contributed by atoms with Crippen LogP contribution in [0.25, 0.3) is 23.1 Å². The van der Waals surface area contributed by atoms with E-state index >= 15 is 0 Å². The Hall–Kier alpha value is -1.93. The van der Waals surface area contributed by atoms with Gasteiger partial charge in [0.2, 0.25) is 5.82 Å². The quantitative estimate of drug-likeness (QED) is 0.573. The first-order chi connectivity index (χ1) is 11.3. The van der Waals surface area contributed by atoms with Crippen molar-refractivity contribution in [3.8, 4) is 23.1 Å². The molecule has 1 aliphatic rings. The predicted octanol–water partition coefficient (Wildman–Crippen LogP) is 3.17. The van der Waals surface area contributed by atoms with Gasteiger partial charge in [-0.3, -0.25) is 5.10 Å². The number of aryl methyl sites for hydroxylation is 1. The number of hydrogen-bond donors (Lipinski definition) is 1. The van der Waals surface area contributed by atoms with Gasteiger partial charge < -0.3 is 4.52 Å². The van der Waals surface area contributed by atoms with Crippen molar-refractivity contribution in [2.75, 3.05) is 6.26 Å². The Labute approximate surface area is 141 Å². The van der Waals surface area contributed by atoms with Crippen LogP contribution in [0.3, 0.4) is 0 Å². The zero-order valence-corrected chi connectivity index (χ0v) is 13.9. The fraction of sp³-hybridized carbons (Fsp3) is 0.357. The second-order valence-corrected chi connectivity index (χ2v) is 6.39. The molecule has 1 aliphatic carbocycles.